The van der Waals surface area contributed by atoms with Gasteiger partial charge in [0.15, 0.2) is 5.16 Å². The Kier molecular flexibility index (Phi) is 5.08. The highest BCUT2D eigenvalue weighted by atomic mass is 32.2. The third-order valence-corrected chi connectivity index (χ3v) is 5.21. The highest BCUT2D eigenvalue weighted by Crippen LogP contribution is 2.32. The number of benzene rings is 1. The highest BCUT2D eigenvalue weighted by Gasteiger charge is 2.20. The number of furan rings is 1. The Morgan fingerprint density at radius 2 is 1.85 bits per heavy atom. The van der Waals surface area contributed by atoms with Crippen LogP contribution in [0, 0.1) is 13.8 Å². The van der Waals surface area contributed by atoms with Crippen molar-refractivity contribution in [3.05, 3.63) is 47.2 Å². The lowest BCUT2D eigenvalue weighted by Gasteiger charge is -2.10. The number of fused-ring (bicyclic) bond motifs is 1. The zero-order valence-electron chi connectivity index (χ0n) is 15.0. The van der Waals surface area contributed by atoms with Crippen molar-refractivity contribution in [3.8, 4) is 0 Å². The van der Waals surface area contributed by atoms with Crippen molar-refractivity contribution in [2.24, 2.45) is 0 Å². The van der Waals surface area contributed by atoms with Crippen molar-refractivity contribution in [2.75, 3.05) is 5.32 Å². The average molecular weight is 369 g/mol. The van der Waals surface area contributed by atoms with Crippen LogP contribution in [0.1, 0.15) is 35.5 Å². The maximum atomic E-state index is 12.6. The normalized spacial score (nSPS) is 12.2. The van der Waals surface area contributed by atoms with Crippen molar-refractivity contribution < 1.29 is 14.0 Å². The molecule has 7 heteroatoms. The number of rotatable bonds is 5. The van der Waals surface area contributed by atoms with Crippen LogP contribution in [0.15, 0.2) is 39.9 Å². The third-order valence-electron chi connectivity index (χ3n) is 4.13. The number of aryl methyl sites for hydroxylation is 2. The summed E-state index contributed by atoms with van der Waals surface area (Å²) in [7, 11) is 0. The molecule has 1 unspecified atom stereocenters. The summed E-state index contributed by atoms with van der Waals surface area (Å²) < 4.78 is 5.71. The van der Waals surface area contributed by atoms with Crippen LogP contribution in [-0.4, -0.2) is 26.9 Å². The molecule has 1 N–H and O–H groups in total. The maximum Gasteiger partial charge on any atom is 0.256 e. The lowest BCUT2D eigenvalue weighted by atomic mass is 10.2. The number of amides is 1. The van der Waals surface area contributed by atoms with Gasteiger partial charge in [-0.15, -0.1) is 0 Å². The quantitative estimate of drug-likeness (QED) is 0.537. The Morgan fingerprint density at radius 1 is 1.15 bits per heavy atom. The Morgan fingerprint density at radius 3 is 2.50 bits per heavy atom. The van der Waals surface area contributed by atoms with Crippen LogP contribution in [0.2, 0.25) is 0 Å². The van der Waals surface area contributed by atoms with Gasteiger partial charge in [-0.2, -0.15) is 4.98 Å². The first-order valence-corrected chi connectivity index (χ1v) is 9.06. The van der Waals surface area contributed by atoms with Crippen molar-refractivity contribution in [1.29, 1.82) is 0 Å². The Labute approximate surface area is 155 Å². The van der Waals surface area contributed by atoms with Gasteiger partial charge in [-0.05, 0) is 39.8 Å². The van der Waals surface area contributed by atoms with E-state index in [0.29, 0.717) is 33.4 Å². The lowest BCUT2D eigenvalue weighted by Crippen LogP contribution is -2.14. The highest BCUT2D eigenvalue weighted by molar-refractivity contribution is 8.00. The van der Waals surface area contributed by atoms with Gasteiger partial charge in [0.1, 0.15) is 17.4 Å². The number of nitrogens with zero attached hydrogens (tertiary/aromatic N) is 2. The van der Waals surface area contributed by atoms with Crippen LogP contribution in [-0.2, 0) is 4.79 Å². The van der Waals surface area contributed by atoms with Gasteiger partial charge in [-0.25, -0.2) is 4.98 Å². The van der Waals surface area contributed by atoms with E-state index < -0.39 is 0 Å². The first-order valence-electron chi connectivity index (χ1n) is 8.18. The van der Waals surface area contributed by atoms with Crippen molar-refractivity contribution >= 4 is 40.4 Å². The smallest absolute Gasteiger partial charge is 0.256 e. The molecule has 0 radical (unpaired) electrons. The Hall–Kier alpha value is -2.67. The molecule has 1 aromatic carbocycles. The molecule has 3 aromatic rings. The van der Waals surface area contributed by atoms with Crippen molar-refractivity contribution in [2.45, 2.75) is 38.1 Å². The van der Waals surface area contributed by atoms with E-state index in [-0.39, 0.29) is 16.9 Å². The van der Waals surface area contributed by atoms with Gasteiger partial charge in [0.2, 0.25) is 5.71 Å². The number of carbonyl (C=O) groups excluding carboxylic acids is 2. The number of hydrogen-bond donors (Lipinski definition) is 1. The first-order chi connectivity index (χ1) is 12.4. The summed E-state index contributed by atoms with van der Waals surface area (Å²) >= 11 is 1.24. The van der Waals surface area contributed by atoms with E-state index in [1.54, 1.807) is 31.2 Å². The molecule has 2 aromatic heterocycles. The number of Topliss-reactive ketones (excluding diaryl/α,β-unsaturated/α-hetero) is 1. The van der Waals surface area contributed by atoms with Gasteiger partial charge in [-0.1, -0.05) is 30.0 Å². The van der Waals surface area contributed by atoms with Gasteiger partial charge in [0.25, 0.3) is 5.91 Å². The zero-order chi connectivity index (χ0) is 18.8. The molecule has 3 rings (SSSR count). The molecule has 1 atom stereocenters. The summed E-state index contributed by atoms with van der Waals surface area (Å²) in [5.74, 6) is 0.863. The minimum atomic E-state index is -0.290. The second-order valence-electron chi connectivity index (χ2n) is 6.01. The SMILES string of the molecule is CC(=O)C(C)Sc1nc(NC(=O)c2ccccc2)c2c(C)c(C)oc2n1. The van der Waals surface area contributed by atoms with E-state index >= 15 is 0 Å². The van der Waals surface area contributed by atoms with Gasteiger partial charge >= 0.3 is 0 Å². The van der Waals surface area contributed by atoms with E-state index in [9.17, 15) is 9.59 Å². The van der Waals surface area contributed by atoms with Crippen LogP contribution in [0.5, 0.6) is 0 Å². The van der Waals surface area contributed by atoms with E-state index in [4.69, 9.17) is 4.42 Å². The molecule has 0 spiro atoms. The molecule has 0 aliphatic heterocycles. The Balaban J connectivity index is 2.03. The number of hydrogen-bond acceptors (Lipinski definition) is 6. The summed E-state index contributed by atoms with van der Waals surface area (Å²) in [4.78, 5) is 33.0. The molecular weight excluding hydrogens is 350 g/mol. The molecule has 0 fully saturated rings. The van der Waals surface area contributed by atoms with Crippen LogP contribution in [0.4, 0.5) is 5.82 Å². The number of carbonyl (C=O) groups is 2. The minimum Gasteiger partial charge on any atom is -0.443 e. The maximum absolute atomic E-state index is 12.6. The molecule has 0 bridgehead atoms. The van der Waals surface area contributed by atoms with Crippen molar-refractivity contribution in [1.82, 2.24) is 9.97 Å². The van der Waals surface area contributed by atoms with Crippen LogP contribution >= 0.6 is 11.8 Å². The summed E-state index contributed by atoms with van der Waals surface area (Å²) in [5.41, 5.74) is 1.81. The van der Waals surface area contributed by atoms with Gasteiger partial charge in [-0.3, -0.25) is 9.59 Å². The second-order valence-corrected chi connectivity index (χ2v) is 7.32. The average Bonchev–Trinajstić information content (AvgIpc) is 2.89. The first kappa shape index (κ1) is 18.1. The fourth-order valence-corrected chi connectivity index (χ4v) is 3.15. The minimum absolute atomic E-state index is 0.0281. The number of thioether (sulfide) groups is 1. The molecular formula is C19H19N3O3S. The summed E-state index contributed by atoms with van der Waals surface area (Å²) in [6, 6.07) is 8.91. The third kappa shape index (κ3) is 3.62. The topological polar surface area (TPSA) is 85.1 Å². The molecule has 2 heterocycles. The molecule has 0 aliphatic rings. The zero-order valence-corrected chi connectivity index (χ0v) is 15.8. The Bertz CT molecular complexity index is 983. The lowest BCUT2D eigenvalue weighted by molar-refractivity contribution is -0.116. The van der Waals surface area contributed by atoms with E-state index in [0.717, 1.165) is 5.56 Å². The van der Waals surface area contributed by atoms with E-state index in [2.05, 4.69) is 15.3 Å². The molecule has 0 aliphatic carbocycles. The van der Waals surface area contributed by atoms with Gasteiger partial charge < -0.3 is 9.73 Å². The van der Waals surface area contributed by atoms with E-state index in [1.165, 1.54) is 18.7 Å². The fraction of sp³-hybridized carbons (Fsp3) is 0.263. The molecule has 0 saturated carbocycles. The second kappa shape index (κ2) is 7.29. The molecule has 6 nitrogen and oxygen atoms in total. The van der Waals surface area contributed by atoms with Crippen LogP contribution in [0.25, 0.3) is 11.1 Å². The molecule has 26 heavy (non-hydrogen) atoms. The predicted molar refractivity (Wildman–Crippen MR) is 102 cm³/mol. The summed E-state index contributed by atoms with van der Waals surface area (Å²) in [6.07, 6.45) is 0. The standard InChI is InChI=1S/C19H19N3O3S/c1-10-12(3)25-18-15(10)16(20-17(24)14-8-6-5-7-9-14)21-19(22-18)26-13(4)11(2)23/h5-9,13H,1-4H3,(H,20,21,22,24). The van der Waals surface area contributed by atoms with Crippen LogP contribution in [0.3, 0.4) is 0 Å². The predicted octanol–water partition coefficient (Wildman–Crippen LogP) is 4.16. The van der Waals surface area contributed by atoms with Crippen LogP contribution < -0.4 is 5.32 Å². The van der Waals surface area contributed by atoms with Gasteiger partial charge in [0.05, 0.1) is 10.6 Å². The largest absolute Gasteiger partial charge is 0.443 e. The number of anilines is 1. The number of aromatic nitrogens is 2. The van der Waals surface area contributed by atoms with Crippen molar-refractivity contribution in [3.63, 3.8) is 0 Å². The summed E-state index contributed by atoms with van der Waals surface area (Å²) in [6.45, 7) is 7.05. The van der Waals surface area contributed by atoms with Gasteiger partial charge in [0, 0.05) is 11.1 Å². The monoisotopic (exact) mass is 369 g/mol. The fourth-order valence-electron chi connectivity index (χ4n) is 2.38. The molecule has 134 valence electrons. The van der Waals surface area contributed by atoms with E-state index in [1.807, 2.05) is 19.9 Å². The summed E-state index contributed by atoms with van der Waals surface area (Å²) in [5, 5.41) is 3.62. The number of nitrogens with one attached hydrogen (secondary N) is 1. The molecule has 1 amide bonds. The molecule has 0 saturated heterocycles. The number of ketones is 1.